The van der Waals surface area contributed by atoms with Gasteiger partial charge in [0.25, 0.3) is 0 Å². The Morgan fingerprint density at radius 1 is 1.31 bits per heavy atom. The Balaban J connectivity index is 2.30. The van der Waals surface area contributed by atoms with Crippen molar-refractivity contribution in [2.75, 3.05) is 20.7 Å². The Bertz CT molecular complexity index is 357. The summed E-state index contributed by atoms with van der Waals surface area (Å²) in [4.78, 5) is 2.11. The third kappa shape index (κ3) is 1.97. The molecule has 1 atom stereocenters. The molecule has 88 valence electrons. The van der Waals surface area contributed by atoms with Gasteiger partial charge in [-0.05, 0) is 44.6 Å². The SMILES string of the molecule is CN(C)C(c1ccc(F)cc1)C1(CO)CC1. The van der Waals surface area contributed by atoms with Crippen LogP contribution in [0.4, 0.5) is 4.39 Å². The van der Waals surface area contributed by atoms with Gasteiger partial charge in [-0.3, -0.25) is 0 Å². The van der Waals surface area contributed by atoms with Crippen LogP contribution in [-0.2, 0) is 0 Å². The van der Waals surface area contributed by atoms with Crippen molar-refractivity contribution in [3.63, 3.8) is 0 Å². The summed E-state index contributed by atoms with van der Waals surface area (Å²) >= 11 is 0. The fourth-order valence-corrected chi connectivity index (χ4v) is 2.52. The highest BCUT2D eigenvalue weighted by Crippen LogP contribution is 2.56. The average molecular weight is 223 g/mol. The molecule has 3 heteroatoms. The van der Waals surface area contributed by atoms with Crippen molar-refractivity contribution in [2.24, 2.45) is 5.41 Å². The van der Waals surface area contributed by atoms with Crippen molar-refractivity contribution in [1.82, 2.24) is 4.90 Å². The molecule has 0 bridgehead atoms. The fraction of sp³-hybridized carbons (Fsp3) is 0.538. The molecule has 1 fully saturated rings. The smallest absolute Gasteiger partial charge is 0.123 e. The van der Waals surface area contributed by atoms with Crippen molar-refractivity contribution in [3.05, 3.63) is 35.6 Å². The zero-order valence-corrected chi connectivity index (χ0v) is 9.78. The van der Waals surface area contributed by atoms with Crippen molar-refractivity contribution in [3.8, 4) is 0 Å². The molecule has 1 saturated carbocycles. The van der Waals surface area contributed by atoms with E-state index in [1.54, 1.807) is 0 Å². The molecule has 1 aliphatic rings. The molecule has 0 aliphatic heterocycles. The number of aliphatic hydroxyl groups excluding tert-OH is 1. The number of rotatable bonds is 4. The molecule has 0 radical (unpaired) electrons. The lowest BCUT2D eigenvalue weighted by molar-refractivity contribution is 0.115. The van der Waals surface area contributed by atoms with Crippen LogP contribution in [0, 0.1) is 11.2 Å². The summed E-state index contributed by atoms with van der Waals surface area (Å²) in [5, 5.41) is 9.49. The average Bonchev–Trinajstić information content (AvgIpc) is 3.02. The van der Waals surface area contributed by atoms with Gasteiger partial charge in [-0.1, -0.05) is 12.1 Å². The normalized spacial score (nSPS) is 19.8. The Labute approximate surface area is 95.7 Å². The van der Waals surface area contributed by atoms with Gasteiger partial charge >= 0.3 is 0 Å². The monoisotopic (exact) mass is 223 g/mol. The molecule has 1 N–H and O–H groups in total. The van der Waals surface area contributed by atoms with Crippen LogP contribution in [0.3, 0.4) is 0 Å². The number of aliphatic hydroxyl groups is 1. The summed E-state index contributed by atoms with van der Waals surface area (Å²) in [6.45, 7) is 0.202. The first-order chi connectivity index (χ1) is 7.59. The Morgan fingerprint density at radius 3 is 2.25 bits per heavy atom. The number of halogens is 1. The van der Waals surface area contributed by atoms with E-state index in [-0.39, 0.29) is 23.9 Å². The van der Waals surface area contributed by atoms with Gasteiger partial charge in [-0.15, -0.1) is 0 Å². The van der Waals surface area contributed by atoms with Gasteiger partial charge in [0, 0.05) is 11.5 Å². The molecular formula is C13H18FNO. The maximum atomic E-state index is 12.9. The standard InChI is InChI=1S/C13H18FNO/c1-15(2)12(13(9-16)7-8-13)10-3-5-11(14)6-4-10/h3-6,12,16H,7-9H2,1-2H3. The zero-order valence-electron chi connectivity index (χ0n) is 9.78. The molecule has 1 aromatic carbocycles. The summed E-state index contributed by atoms with van der Waals surface area (Å²) in [6.07, 6.45) is 2.09. The molecule has 0 saturated heterocycles. The third-order valence-electron chi connectivity index (χ3n) is 3.49. The topological polar surface area (TPSA) is 23.5 Å². The first-order valence-electron chi connectivity index (χ1n) is 5.62. The second-order valence-electron chi connectivity index (χ2n) is 4.94. The number of nitrogens with zero attached hydrogens (tertiary/aromatic N) is 1. The maximum Gasteiger partial charge on any atom is 0.123 e. The van der Waals surface area contributed by atoms with E-state index >= 15 is 0 Å². The summed E-state index contributed by atoms with van der Waals surface area (Å²) in [5.41, 5.74) is 1.07. The maximum absolute atomic E-state index is 12.9. The molecule has 2 nitrogen and oxygen atoms in total. The second kappa shape index (κ2) is 4.15. The zero-order chi connectivity index (χ0) is 11.8. The fourth-order valence-electron chi connectivity index (χ4n) is 2.52. The van der Waals surface area contributed by atoms with E-state index in [4.69, 9.17) is 0 Å². The minimum absolute atomic E-state index is 0.0126. The predicted octanol–water partition coefficient (Wildman–Crippen LogP) is 2.20. The van der Waals surface area contributed by atoms with Gasteiger partial charge in [0.1, 0.15) is 5.82 Å². The van der Waals surface area contributed by atoms with E-state index in [0.717, 1.165) is 18.4 Å². The molecule has 0 aromatic heterocycles. The highest BCUT2D eigenvalue weighted by atomic mass is 19.1. The van der Waals surface area contributed by atoms with E-state index in [2.05, 4.69) is 4.90 Å². The lowest BCUT2D eigenvalue weighted by Gasteiger charge is -2.32. The second-order valence-corrected chi connectivity index (χ2v) is 4.94. The molecule has 1 aliphatic carbocycles. The third-order valence-corrected chi connectivity index (χ3v) is 3.49. The van der Waals surface area contributed by atoms with E-state index in [9.17, 15) is 9.50 Å². The molecule has 0 spiro atoms. The minimum Gasteiger partial charge on any atom is -0.396 e. The van der Waals surface area contributed by atoms with Gasteiger partial charge in [0.15, 0.2) is 0 Å². The van der Waals surface area contributed by atoms with Gasteiger partial charge < -0.3 is 10.0 Å². The lowest BCUT2D eigenvalue weighted by Crippen LogP contribution is -2.30. The predicted molar refractivity (Wildman–Crippen MR) is 61.6 cm³/mol. The van der Waals surface area contributed by atoms with Crippen LogP contribution in [0.15, 0.2) is 24.3 Å². The highest BCUT2D eigenvalue weighted by molar-refractivity contribution is 5.24. The van der Waals surface area contributed by atoms with Crippen LogP contribution in [0.2, 0.25) is 0 Å². The summed E-state index contributed by atoms with van der Waals surface area (Å²) < 4.78 is 12.9. The molecule has 0 amide bonds. The molecule has 2 rings (SSSR count). The summed E-state index contributed by atoms with van der Waals surface area (Å²) in [6, 6.07) is 6.78. The van der Waals surface area contributed by atoms with Crippen molar-refractivity contribution in [1.29, 1.82) is 0 Å². The van der Waals surface area contributed by atoms with E-state index in [1.165, 1.54) is 12.1 Å². The molecule has 0 heterocycles. The van der Waals surface area contributed by atoms with Crippen molar-refractivity contribution < 1.29 is 9.50 Å². The summed E-state index contributed by atoms with van der Waals surface area (Å²) in [7, 11) is 4.01. The summed E-state index contributed by atoms with van der Waals surface area (Å²) in [5.74, 6) is -0.213. The highest BCUT2D eigenvalue weighted by Gasteiger charge is 2.50. The van der Waals surface area contributed by atoms with Crippen molar-refractivity contribution >= 4 is 0 Å². The van der Waals surface area contributed by atoms with Gasteiger partial charge in [0.2, 0.25) is 0 Å². The first-order valence-corrected chi connectivity index (χ1v) is 5.62. The number of hydrogen-bond donors (Lipinski definition) is 1. The van der Waals surface area contributed by atoms with Crippen LogP contribution in [0.25, 0.3) is 0 Å². The first kappa shape index (κ1) is 11.6. The van der Waals surface area contributed by atoms with Crippen LogP contribution < -0.4 is 0 Å². The molecule has 16 heavy (non-hydrogen) atoms. The number of benzene rings is 1. The van der Waals surface area contributed by atoms with Crippen LogP contribution in [0.1, 0.15) is 24.4 Å². The van der Waals surface area contributed by atoms with Gasteiger partial charge in [-0.25, -0.2) is 4.39 Å². The van der Waals surface area contributed by atoms with Crippen LogP contribution >= 0.6 is 0 Å². The quantitative estimate of drug-likeness (QED) is 0.846. The lowest BCUT2D eigenvalue weighted by atomic mass is 9.90. The Kier molecular flexibility index (Phi) is 3.00. The van der Waals surface area contributed by atoms with Gasteiger partial charge in [0.05, 0.1) is 6.61 Å². The Morgan fingerprint density at radius 2 is 1.88 bits per heavy atom. The molecule has 1 aromatic rings. The Hall–Kier alpha value is -0.930. The molecule has 1 unspecified atom stereocenters. The van der Waals surface area contributed by atoms with Crippen LogP contribution in [-0.4, -0.2) is 30.7 Å². The number of hydrogen-bond acceptors (Lipinski definition) is 2. The van der Waals surface area contributed by atoms with E-state index < -0.39 is 0 Å². The van der Waals surface area contributed by atoms with Crippen LogP contribution in [0.5, 0.6) is 0 Å². The largest absolute Gasteiger partial charge is 0.396 e. The van der Waals surface area contributed by atoms with E-state index in [1.807, 2.05) is 26.2 Å². The van der Waals surface area contributed by atoms with E-state index in [0.29, 0.717) is 0 Å². The van der Waals surface area contributed by atoms with Crippen molar-refractivity contribution in [2.45, 2.75) is 18.9 Å². The van der Waals surface area contributed by atoms with Gasteiger partial charge in [-0.2, -0.15) is 0 Å². The molecular weight excluding hydrogens is 205 g/mol. The minimum atomic E-state index is -0.213.